The van der Waals surface area contributed by atoms with Gasteiger partial charge in [0.2, 0.25) is 0 Å². The van der Waals surface area contributed by atoms with Crippen molar-refractivity contribution in [3.63, 3.8) is 0 Å². The number of rotatable bonds is 6. The van der Waals surface area contributed by atoms with Gasteiger partial charge in [-0.1, -0.05) is 12.1 Å². The summed E-state index contributed by atoms with van der Waals surface area (Å²) in [4.78, 5) is 34.6. The lowest BCUT2D eigenvalue weighted by Crippen LogP contribution is -2.15. The highest BCUT2D eigenvalue weighted by molar-refractivity contribution is 6.11. The summed E-state index contributed by atoms with van der Waals surface area (Å²) in [5, 5.41) is 7.48. The largest absolute Gasteiger partial charge is 0.497 e. The number of fused-ring (bicyclic) bond motifs is 2. The minimum Gasteiger partial charge on any atom is -0.497 e. The lowest BCUT2D eigenvalue weighted by Gasteiger charge is -2.12. The molecular formula is C28H22N4O4. The normalized spacial score (nSPS) is 10.7. The van der Waals surface area contributed by atoms with E-state index in [-0.39, 0.29) is 11.8 Å². The van der Waals surface area contributed by atoms with E-state index in [1.54, 1.807) is 63.0 Å². The Morgan fingerprint density at radius 3 is 1.44 bits per heavy atom. The van der Waals surface area contributed by atoms with Crippen LogP contribution in [0, 0.1) is 0 Å². The van der Waals surface area contributed by atoms with Crippen LogP contribution in [0.1, 0.15) is 20.7 Å². The Hall–Kier alpha value is -4.98. The fourth-order valence-corrected chi connectivity index (χ4v) is 3.92. The summed E-state index contributed by atoms with van der Waals surface area (Å²) in [5.41, 5.74) is 3.17. The maximum absolute atomic E-state index is 12.9. The second-order valence-corrected chi connectivity index (χ2v) is 7.99. The molecule has 5 rings (SSSR count). The number of pyridine rings is 2. The fraction of sp³-hybridized carbons (Fsp3) is 0.0714. The van der Waals surface area contributed by atoms with Crippen molar-refractivity contribution in [3.05, 3.63) is 96.3 Å². The minimum absolute atomic E-state index is 0.329. The smallest absolute Gasteiger partial charge is 0.255 e. The first-order valence-electron chi connectivity index (χ1n) is 11.1. The third kappa shape index (κ3) is 4.52. The highest BCUT2D eigenvalue weighted by Gasteiger charge is 2.14. The van der Waals surface area contributed by atoms with Crippen molar-refractivity contribution in [1.82, 2.24) is 9.97 Å². The van der Waals surface area contributed by atoms with Crippen molar-refractivity contribution >= 4 is 45.0 Å². The number of ether oxygens (including phenoxy) is 2. The standard InChI is InChI=1S/C28H22N4O4/c1-35-21-13-19-5-3-11-29-25(19)23(15-21)31-27(33)17-7-9-18(10-8-17)28(34)32-24-16-22(36-2)14-20-6-4-12-30-26(20)24/h3-16H,1-2H3,(H,31,33)(H,32,34). The average Bonchev–Trinajstić information content (AvgIpc) is 2.92. The highest BCUT2D eigenvalue weighted by Crippen LogP contribution is 2.29. The van der Waals surface area contributed by atoms with Crippen molar-refractivity contribution in [2.24, 2.45) is 0 Å². The number of hydrogen-bond donors (Lipinski definition) is 2. The molecule has 0 bridgehead atoms. The fourth-order valence-electron chi connectivity index (χ4n) is 3.92. The second kappa shape index (κ2) is 9.71. The van der Waals surface area contributed by atoms with Crippen LogP contribution in [-0.2, 0) is 0 Å². The molecule has 0 aliphatic heterocycles. The molecule has 0 fully saturated rings. The molecule has 36 heavy (non-hydrogen) atoms. The third-order valence-electron chi connectivity index (χ3n) is 5.73. The topological polar surface area (TPSA) is 102 Å². The van der Waals surface area contributed by atoms with Gasteiger partial charge in [-0.3, -0.25) is 19.6 Å². The van der Waals surface area contributed by atoms with Crippen LogP contribution in [0.3, 0.4) is 0 Å². The van der Waals surface area contributed by atoms with Crippen molar-refractivity contribution in [1.29, 1.82) is 0 Å². The molecule has 0 aliphatic carbocycles. The van der Waals surface area contributed by atoms with Crippen LogP contribution >= 0.6 is 0 Å². The van der Waals surface area contributed by atoms with Gasteiger partial charge in [0.1, 0.15) is 11.5 Å². The first kappa shape index (κ1) is 22.8. The lowest BCUT2D eigenvalue weighted by molar-refractivity contribution is 0.101. The van der Waals surface area contributed by atoms with Crippen LogP contribution in [0.25, 0.3) is 21.8 Å². The molecule has 0 spiro atoms. The van der Waals surface area contributed by atoms with Crippen LogP contribution in [0.15, 0.2) is 85.2 Å². The van der Waals surface area contributed by atoms with E-state index >= 15 is 0 Å². The zero-order chi connectivity index (χ0) is 25.1. The molecule has 178 valence electrons. The summed E-state index contributed by atoms with van der Waals surface area (Å²) in [6, 6.07) is 21.0. The van der Waals surface area contributed by atoms with Crippen LogP contribution in [-0.4, -0.2) is 36.0 Å². The SMILES string of the molecule is COc1cc(NC(=O)c2ccc(C(=O)Nc3cc(OC)cc4cccnc34)cc2)c2ncccc2c1. The molecule has 0 saturated heterocycles. The van der Waals surface area contributed by atoms with Gasteiger partial charge in [0.05, 0.1) is 36.6 Å². The molecule has 2 heterocycles. The second-order valence-electron chi connectivity index (χ2n) is 7.99. The van der Waals surface area contributed by atoms with E-state index in [4.69, 9.17) is 9.47 Å². The maximum Gasteiger partial charge on any atom is 0.255 e. The number of hydrogen-bond acceptors (Lipinski definition) is 6. The van der Waals surface area contributed by atoms with Crippen molar-refractivity contribution in [2.45, 2.75) is 0 Å². The number of aromatic nitrogens is 2. The Labute approximate surface area is 206 Å². The van der Waals surface area contributed by atoms with Gasteiger partial charge in [0.15, 0.2) is 0 Å². The van der Waals surface area contributed by atoms with Gasteiger partial charge >= 0.3 is 0 Å². The van der Waals surface area contributed by atoms with Crippen molar-refractivity contribution < 1.29 is 19.1 Å². The number of amides is 2. The van der Waals surface area contributed by atoms with E-state index in [1.165, 1.54) is 0 Å². The number of benzene rings is 3. The molecular weight excluding hydrogens is 456 g/mol. The Balaban J connectivity index is 1.36. The molecule has 0 aliphatic rings. The van der Waals surface area contributed by atoms with Gasteiger partial charge in [-0.2, -0.15) is 0 Å². The van der Waals surface area contributed by atoms with Gasteiger partial charge in [-0.15, -0.1) is 0 Å². The number of methoxy groups -OCH3 is 2. The number of carbonyl (C=O) groups excluding carboxylic acids is 2. The number of carbonyl (C=O) groups is 2. The number of anilines is 2. The summed E-state index contributed by atoms with van der Waals surface area (Å²) >= 11 is 0. The molecule has 2 amide bonds. The van der Waals surface area contributed by atoms with E-state index in [0.29, 0.717) is 45.0 Å². The zero-order valence-corrected chi connectivity index (χ0v) is 19.6. The van der Waals surface area contributed by atoms with Crippen LogP contribution in [0.2, 0.25) is 0 Å². The summed E-state index contributed by atoms with van der Waals surface area (Å²) in [5.74, 6) is 0.560. The predicted octanol–water partition coefficient (Wildman–Crippen LogP) is 5.30. The van der Waals surface area contributed by atoms with E-state index < -0.39 is 0 Å². The molecule has 0 radical (unpaired) electrons. The molecule has 0 saturated carbocycles. The van der Waals surface area contributed by atoms with E-state index in [9.17, 15) is 9.59 Å². The molecule has 0 atom stereocenters. The van der Waals surface area contributed by atoms with Crippen molar-refractivity contribution in [3.8, 4) is 11.5 Å². The third-order valence-corrected chi connectivity index (χ3v) is 5.73. The Morgan fingerprint density at radius 2 is 1.06 bits per heavy atom. The van der Waals surface area contributed by atoms with E-state index in [2.05, 4.69) is 20.6 Å². The predicted molar refractivity (Wildman–Crippen MR) is 139 cm³/mol. The van der Waals surface area contributed by atoms with Crippen LogP contribution in [0.5, 0.6) is 11.5 Å². The van der Waals surface area contributed by atoms with Gasteiger partial charge in [-0.25, -0.2) is 0 Å². The molecule has 8 heteroatoms. The first-order valence-corrected chi connectivity index (χ1v) is 11.1. The van der Waals surface area contributed by atoms with E-state index in [1.807, 2.05) is 36.4 Å². The monoisotopic (exact) mass is 478 g/mol. The number of nitrogens with zero attached hydrogens (tertiary/aromatic N) is 2. The van der Waals surface area contributed by atoms with Gasteiger partial charge in [0.25, 0.3) is 11.8 Å². The summed E-state index contributed by atoms with van der Waals surface area (Å²) in [7, 11) is 3.13. The average molecular weight is 479 g/mol. The van der Waals surface area contributed by atoms with Gasteiger partial charge in [-0.05, 0) is 48.5 Å². The van der Waals surface area contributed by atoms with Gasteiger partial charge in [0, 0.05) is 46.4 Å². The molecule has 8 nitrogen and oxygen atoms in total. The minimum atomic E-state index is -0.329. The molecule has 2 aromatic heterocycles. The molecule has 2 N–H and O–H groups in total. The molecule has 0 unspecified atom stereocenters. The number of nitrogens with one attached hydrogen (secondary N) is 2. The maximum atomic E-state index is 12.9. The van der Waals surface area contributed by atoms with Crippen molar-refractivity contribution in [2.75, 3.05) is 24.9 Å². The van der Waals surface area contributed by atoms with Crippen LogP contribution < -0.4 is 20.1 Å². The lowest BCUT2D eigenvalue weighted by atomic mass is 10.1. The Kier molecular flexibility index (Phi) is 6.15. The van der Waals surface area contributed by atoms with Gasteiger partial charge < -0.3 is 20.1 Å². The zero-order valence-electron chi connectivity index (χ0n) is 19.6. The summed E-state index contributed by atoms with van der Waals surface area (Å²) in [6.45, 7) is 0. The molecule has 5 aromatic rings. The Morgan fingerprint density at radius 1 is 0.639 bits per heavy atom. The summed E-state index contributed by atoms with van der Waals surface area (Å²) in [6.07, 6.45) is 3.33. The quantitative estimate of drug-likeness (QED) is 0.343. The first-order chi connectivity index (χ1) is 17.6. The summed E-state index contributed by atoms with van der Waals surface area (Å²) < 4.78 is 10.7. The highest BCUT2D eigenvalue weighted by atomic mass is 16.5. The Bertz CT molecular complexity index is 1480. The van der Waals surface area contributed by atoms with Crippen LogP contribution in [0.4, 0.5) is 11.4 Å². The van der Waals surface area contributed by atoms with E-state index in [0.717, 1.165) is 10.8 Å². The molecule has 3 aromatic carbocycles.